The smallest absolute Gasteiger partial charge is 0.145 e. The van der Waals surface area contributed by atoms with Crippen LogP contribution < -0.4 is 5.73 Å². The average Bonchev–Trinajstić information content (AvgIpc) is 2.31. The Labute approximate surface area is 107 Å². The van der Waals surface area contributed by atoms with Crippen LogP contribution in [0.1, 0.15) is 25.8 Å². The van der Waals surface area contributed by atoms with Gasteiger partial charge in [-0.25, -0.2) is 4.39 Å². The molecular formula is C13H19ClFNO. The van der Waals surface area contributed by atoms with Gasteiger partial charge in [-0.15, -0.1) is 0 Å². The zero-order valence-corrected chi connectivity index (χ0v) is 11.0. The van der Waals surface area contributed by atoms with Crippen LogP contribution in [0, 0.1) is 5.82 Å². The lowest BCUT2D eigenvalue weighted by molar-refractivity contribution is 0.0416. The summed E-state index contributed by atoms with van der Waals surface area (Å²) in [6, 6.07) is 4.76. The Kier molecular flexibility index (Phi) is 5.89. The summed E-state index contributed by atoms with van der Waals surface area (Å²) in [4.78, 5) is 0. The summed E-state index contributed by atoms with van der Waals surface area (Å²) < 4.78 is 19.2. The van der Waals surface area contributed by atoms with Gasteiger partial charge in [-0.2, -0.15) is 0 Å². The van der Waals surface area contributed by atoms with E-state index in [4.69, 9.17) is 22.1 Å². The lowest BCUT2D eigenvalue weighted by Gasteiger charge is -2.22. The SMILES string of the molecule is CCOC(CC)C(N)Cc1cccc(Cl)c1F. The van der Waals surface area contributed by atoms with Gasteiger partial charge >= 0.3 is 0 Å². The molecule has 0 saturated heterocycles. The number of hydrogen-bond donors (Lipinski definition) is 1. The number of ether oxygens (including phenoxy) is 1. The van der Waals surface area contributed by atoms with Crippen molar-refractivity contribution in [1.29, 1.82) is 0 Å². The molecule has 0 heterocycles. The van der Waals surface area contributed by atoms with Crippen molar-refractivity contribution in [1.82, 2.24) is 0 Å². The number of halogens is 2. The Morgan fingerprint density at radius 2 is 2.12 bits per heavy atom. The molecule has 2 unspecified atom stereocenters. The highest BCUT2D eigenvalue weighted by molar-refractivity contribution is 6.30. The van der Waals surface area contributed by atoms with Crippen molar-refractivity contribution in [2.24, 2.45) is 5.73 Å². The third-order valence-corrected chi connectivity index (χ3v) is 3.04. The zero-order valence-electron chi connectivity index (χ0n) is 10.2. The molecule has 1 aromatic rings. The molecule has 0 aliphatic carbocycles. The van der Waals surface area contributed by atoms with Gasteiger partial charge in [0, 0.05) is 12.6 Å². The van der Waals surface area contributed by atoms with E-state index < -0.39 is 0 Å². The minimum Gasteiger partial charge on any atom is -0.377 e. The molecule has 0 aliphatic rings. The van der Waals surface area contributed by atoms with Gasteiger partial charge in [-0.1, -0.05) is 30.7 Å². The molecule has 1 rings (SSSR count). The van der Waals surface area contributed by atoms with Crippen molar-refractivity contribution in [3.63, 3.8) is 0 Å². The molecular weight excluding hydrogens is 241 g/mol. The molecule has 0 fully saturated rings. The minimum atomic E-state index is -0.379. The summed E-state index contributed by atoms with van der Waals surface area (Å²) in [6.45, 7) is 4.55. The first-order chi connectivity index (χ1) is 8.10. The average molecular weight is 260 g/mol. The fraction of sp³-hybridized carbons (Fsp3) is 0.538. The van der Waals surface area contributed by atoms with Gasteiger partial charge in [0.05, 0.1) is 11.1 Å². The molecule has 0 aromatic heterocycles. The minimum absolute atomic E-state index is 0.0432. The highest BCUT2D eigenvalue weighted by atomic mass is 35.5. The Balaban J connectivity index is 2.72. The van der Waals surface area contributed by atoms with E-state index in [1.165, 1.54) is 6.07 Å². The quantitative estimate of drug-likeness (QED) is 0.852. The number of benzene rings is 1. The van der Waals surface area contributed by atoms with Gasteiger partial charge in [-0.05, 0) is 31.4 Å². The molecule has 4 heteroatoms. The van der Waals surface area contributed by atoms with Gasteiger partial charge in [0.25, 0.3) is 0 Å². The lowest BCUT2D eigenvalue weighted by atomic mass is 10.00. The lowest BCUT2D eigenvalue weighted by Crippen LogP contribution is -2.38. The van der Waals surface area contributed by atoms with Crippen molar-refractivity contribution < 1.29 is 9.13 Å². The topological polar surface area (TPSA) is 35.2 Å². The first kappa shape index (κ1) is 14.4. The second-order valence-corrected chi connectivity index (χ2v) is 4.39. The van der Waals surface area contributed by atoms with Crippen molar-refractivity contribution in [2.75, 3.05) is 6.61 Å². The molecule has 17 heavy (non-hydrogen) atoms. The third-order valence-electron chi connectivity index (χ3n) is 2.75. The normalized spacial score (nSPS) is 14.6. The van der Waals surface area contributed by atoms with Crippen molar-refractivity contribution in [3.8, 4) is 0 Å². The van der Waals surface area contributed by atoms with E-state index in [0.29, 0.717) is 18.6 Å². The monoisotopic (exact) mass is 259 g/mol. The van der Waals surface area contributed by atoms with E-state index >= 15 is 0 Å². The molecule has 0 bridgehead atoms. The Bertz CT molecular complexity index is 359. The van der Waals surface area contributed by atoms with Crippen LogP contribution in [0.5, 0.6) is 0 Å². The summed E-state index contributed by atoms with van der Waals surface area (Å²) in [5, 5.41) is 0.138. The first-order valence-electron chi connectivity index (χ1n) is 5.90. The highest BCUT2D eigenvalue weighted by Crippen LogP contribution is 2.20. The third kappa shape index (κ3) is 3.95. The van der Waals surface area contributed by atoms with Gasteiger partial charge in [0.2, 0.25) is 0 Å². The number of nitrogens with two attached hydrogens (primary N) is 1. The summed E-state index contributed by atoms with van der Waals surface area (Å²) in [7, 11) is 0. The maximum Gasteiger partial charge on any atom is 0.145 e. The zero-order chi connectivity index (χ0) is 12.8. The fourth-order valence-electron chi connectivity index (χ4n) is 1.85. The van der Waals surface area contributed by atoms with Crippen LogP contribution in [0.4, 0.5) is 4.39 Å². The van der Waals surface area contributed by atoms with E-state index in [-0.39, 0.29) is 23.0 Å². The second kappa shape index (κ2) is 6.94. The molecule has 0 amide bonds. The van der Waals surface area contributed by atoms with Crippen LogP contribution in [0.15, 0.2) is 18.2 Å². The molecule has 0 aliphatic heterocycles. The van der Waals surface area contributed by atoms with Crippen LogP contribution in [-0.2, 0) is 11.2 Å². The van der Waals surface area contributed by atoms with Crippen LogP contribution in [0.25, 0.3) is 0 Å². The van der Waals surface area contributed by atoms with Crippen molar-refractivity contribution in [3.05, 3.63) is 34.6 Å². The summed E-state index contributed by atoms with van der Waals surface area (Å²) in [5.41, 5.74) is 6.58. The predicted molar refractivity (Wildman–Crippen MR) is 68.8 cm³/mol. The summed E-state index contributed by atoms with van der Waals surface area (Å²) >= 11 is 5.72. The number of rotatable bonds is 6. The molecule has 0 radical (unpaired) electrons. The standard InChI is InChI=1S/C13H19ClFNO/c1-3-12(17-4-2)11(16)8-9-6-5-7-10(14)13(9)15/h5-7,11-12H,3-4,8,16H2,1-2H3. The molecule has 0 spiro atoms. The van der Waals surface area contributed by atoms with E-state index in [1.54, 1.807) is 12.1 Å². The highest BCUT2D eigenvalue weighted by Gasteiger charge is 2.18. The first-order valence-corrected chi connectivity index (χ1v) is 6.28. The molecule has 0 saturated carbocycles. The van der Waals surface area contributed by atoms with Crippen molar-refractivity contribution in [2.45, 2.75) is 38.8 Å². The van der Waals surface area contributed by atoms with Gasteiger partial charge < -0.3 is 10.5 Å². The maximum absolute atomic E-state index is 13.7. The molecule has 2 atom stereocenters. The van der Waals surface area contributed by atoms with Gasteiger partial charge in [-0.3, -0.25) is 0 Å². The Hall–Kier alpha value is -0.640. The number of hydrogen-bond acceptors (Lipinski definition) is 2. The molecule has 2 N–H and O–H groups in total. The van der Waals surface area contributed by atoms with Crippen LogP contribution in [0.2, 0.25) is 5.02 Å². The maximum atomic E-state index is 13.7. The van der Waals surface area contributed by atoms with E-state index in [2.05, 4.69) is 0 Å². The summed E-state index contributed by atoms with van der Waals surface area (Å²) in [6.07, 6.45) is 1.21. The van der Waals surface area contributed by atoms with Gasteiger partial charge in [0.1, 0.15) is 5.82 Å². The van der Waals surface area contributed by atoms with Crippen LogP contribution in [0.3, 0.4) is 0 Å². The van der Waals surface area contributed by atoms with Crippen molar-refractivity contribution >= 4 is 11.6 Å². The predicted octanol–water partition coefficient (Wildman–Crippen LogP) is 3.16. The fourth-order valence-corrected chi connectivity index (χ4v) is 2.04. The van der Waals surface area contributed by atoms with Crippen LogP contribution >= 0.6 is 11.6 Å². The molecule has 96 valence electrons. The second-order valence-electron chi connectivity index (χ2n) is 3.98. The molecule has 2 nitrogen and oxygen atoms in total. The van der Waals surface area contributed by atoms with E-state index in [0.717, 1.165) is 6.42 Å². The van der Waals surface area contributed by atoms with Crippen LogP contribution in [-0.4, -0.2) is 18.8 Å². The Morgan fingerprint density at radius 3 is 2.71 bits per heavy atom. The summed E-state index contributed by atoms with van der Waals surface area (Å²) in [5.74, 6) is -0.379. The Morgan fingerprint density at radius 1 is 1.41 bits per heavy atom. The van der Waals surface area contributed by atoms with E-state index in [1.807, 2.05) is 13.8 Å². The van der Waals surface area contributed by atoms with E-state index in [9.17, 15) is 4.39 Å². The largest absolute Gasteiger partial charge is 0.377 e. The van der Waals surface area contributed by atoms with Gasteiger partial charge in [0.15, 0.2) is 0 Å². The molecule has 1 aromatic carbocycles.